The van der Waals surface area contributed by atoms with Gasteiger partial charge in [-0.25, -0.2) is 0 Å². The van der Waals surface area contributed by atoms with Crippen molar-refractivity contribution in [2.45, 2.75) is 96.2 Å². The van der Waals surface area contributed by atoms with Crippen molar-refractivity contribution in [1.82, 2.24) is 5.32 Å². The molecule has 4 heteroatoms. The zero-order chi connectivity index (χ0) is 17.5. The average molecular weight is 339 g/mol. The summed E-state index contributed by atoms with van der Waals surface area (Å²) in [5, 5.41) is 2.81. The van der Waals surface area contributed by atoms with E-state index in [2.05, 4.69) is 24.4 Å². The van der Waals surface area contributed by atoms with Gasteiger partial charge in [-0.3, -0.25) is 4.79 Å². The number of nitrogens with two attached hydrogens (primary N) is 1. The Balaban J connectivity index is 1.80. The molecule has 0 unspecified atom stereocenters. The Morgan fingerprint density at radius 3 is 2.62 bits per heavy atom. The minimum atomic E-state index is 0.138. The topological polar surface area (TPSA) is 67.7 Å². The molecule has 3 N–H and O–H groups in total. The number of nitrogens with one attached hydrogen (secondary N) is 1. The Morgan fingerprint density at radius 1 is 1.04 bits per heavy atom. The van der Waals surface area contributed by atoms with Crippen LogP contribution in [0.4, 0.5) is 0 Å². The predicted octanol–water partition coefficient (Wildman–Crippen LogP) is 4.09. The second-order valence-electron chi connectivity index (χ2n) is 6.86. The van der Waals surface area contributed by atoms with Crippen LogP contribution in [0.3, 0.4) is 0 Å². The molecule has 0 aromatic rings. The lowest BCUT2D eigenvalue weighted by Crippen LogP contribution is -2.28. The van der Waals surface area contributed by atoms with Crippen molar-refractivity contribution in [1.29, 1.82) is 0 Å². The van der Waals surface area contributed by atoms with Crippen LogP contribution in [0.5, 0.6) is 0 Å². The number of ether oxygens (including phenoxy) is 1. The summed E-state index contributed by atoms with van der Waals surface area (Å²) in [6.07, 6.45) is 19.6. The first-order valence-corrected chi connectivity index (χ1v) is 10.0. The van der Waals surface area contributed by atoms with Crippen LogP contribution in [0.1, 0.15) is 84.0 Å². The van der Waals surface area contributed by atoms with E-state index in [1.54, 1.807) is 0 Å². The van der Waals surface area contributed by atoms with Crippen molar-refractivity contribution in [2.75, 3.05) is 13.1 Å². The SMILES string of the molecule is CCCCC[C@H]1O[C@H]1CC=CCCCCCCCC(=O)NCCN. The van der Waals surface area contributed by atoms with E-state index < -0.39 is 0 Å². The van der Waals surface area contributed by atoms with Gasteiger partial charge in [-0.15, -0.1) is 0 Å². The van der Waals surface area contributed by atoms with Gasteiger partial charge in [0.1, 0.15) is 0 Å². The van der Waals surface area contributed by atoms with Crippen LogP contribution in [0.25, 0.3) is 0 Å². The highest BCUT2D eigenvalue weighted by molar-refractivity contribution is 5.75. The molecule has 1 aliphatic rings. The fourth-order valence-electron chi connectivity index (χ4n) is 2.96. The predicted molar refractivity (Wildman–Crippen MR) is 101 cm³/mol. The minimum absolute atomic E-state index is 0.138. The molecule has 4 nitrogen and oxygen atoms in total. The van der Waals surface area contributed by atoms with Gasteiger partial charge in [-0.2, -0.15) is 0 Å². The number of rotatable bonds is 16. The van der Waals surface area contributed by atoms with Crippen molar-refractivity contribution in [2.24, 2.45) is 5.73 Å². The number of allylic oxidation sites excluding steroid dienone is 1. The third-order valence-corrected chi connectivity index (χ3v) is 4.56. The smallest absolute Gasteiger partial charge is 0.220 e. The molecule has 0 aliphatic carbocycles. The van der Waals surface area contributed by atoms with Crippen LogP contribution in [-0.4, -0.2) is 31.2 Å². The lowest BCUT2D eigenvalue weighted by Gasteiger charge is -2.03. The van der Waals surface area contributed by atoms with Crippen LogP contribution in [0.15, 0.2) is 12.2 Å². The molecule has 24 heavy (non-hydrogen) atoms. The maximum absolute atomic E-state index is 11.4. The molecule has 1 aliphatic heterocycles. The van der Waals surface area contributed by atoms with Gasteiger partial charge < -0.3 is 15.8 Å². The molecule has 1 rings (SSSR count). The van der Waals surface area contributed by atoms with Gasteiger partial charge in [0, 0.05) is 19.5 Å². The van der Waals surface area contributed by atoms with E-state index in [0.717, 1.165) is 19.3 Å². The second kappa shape index (κ2) is 14.5. The zero-order valence-electron chi connectivity index (χ0n) is 15.6. The molecular formula is C20H38N2O2. The zero-order valence-corrected chi connectivity index (χ0v) is 15.6. The minimum Gasteiger partial charge on any atom is -0.369 e. The molecule has 0 saturated carbocycles. The lowest BCUT2D eigenvalue weighted by molar-refractivity contribution is -0.121. The van der Waals surface area contributed by atoms with Gasteiger partial charge in [-0.1, -0.05) is 57.6 Å². The summed E-state index contributed by atoms with van der Waals surface area (Å²) < 4.78 is 5.69. The highest BCUT2D eigenvalue weighted by Crippen LogP contribution is 2.30. The van der Waals surface area contributed by atoms with Gasteiger partial charge in [-0.05, 0) is 32.1 Å². The van der Waals surface area contributed by atoms with Crippen LogP contribution in [-0.2, 0) is 9.53 Å². The molecule has 0 aromatic heterocycles. The standard InChI is InChI=1S/C20H38N2O2/c1-2-3-10-13-18-19(24-18)14-11-8-6-4-5-7-9-12-15-20(23)22-17-16-21/h8,11,18-19H,2-7,9-10,12-17,21H2,1H3,(H,22,23)/t18-,19+/m1/s1. The Kier molecular flexibility index (Phi) is 12.8. The monoisotopic (exact) mass is 338 g/mol. The Hall–Kier alpha value is -0.870. The number of hydrogen-bond donors (Lipinski definition) is 2. The maximum atomic E-state index is 11.4. The van der Waals surface area contributed by atoms with E-state index in [9.17, 15) is 4.79 Å². The molecule has 1 amide bonds. The highest BCUT2D eigenvalue weighted by atomic mass is 16.6. The summed E-state index contributed by atoms with van der Waals surface area (Å²) in [6.45, 7) is 3.36. The van der Waals surface area contributed by atoms with Crippen LogP contribution < -0.4 is 11.1 Å². The van der Waals surface area contributed by atoms with Gasteiger partial charge >= 0.3 is 0 Å². The molecule has 2 atom stereocenters. The summed E-state index contributed by atoms with van der Waals surface area (Å²) in [6, 6.07) is 0. The number of carbonyl (C=O) groups is 1. The van der Waals surface area contributed by atoms with Crippen molar-refractivity contribution in [3.05, 3.63) is 12.2 Å². The Labute approximate surface area is 148 Å². The first kappa shape index (κ1) is 21.2. The Bertz CT molecular complexity index is 345. The molecule has 1 fully saturated rings. The first-order valence-electron chi connectivity index (χ1n) is 10.0. The molecule has 0 aromatic carbocycles. The molecule has 140 valence electrons. The molecule has 1 saturated heterocycles. The van der Waals surface area contributed by atoms with Gasteiger partial charge in [0.25, 0.3) is 0 Å². The van der Waals surface area contributed by atoms with Crippen LogP contribution in [0, 0.1) is 0 Å². The van der Waals surface area contributed by atoms with Crippen molar-refractivity contribution in [3.8, 4) is 0 Å². The lowest BCUT2D eigenvalue weighted by atomic mass is 10.1. The first-order chi connectivity index (χ1) is 11.8. The van der Waals surface area contributed by atoms with E-state index in [0.29, 0.717) is 31.7 Å². The second-order valence-corrected chi connectivity index (χ2v) is 6.86. The number of epoxide rings is 1. The summed E-state index contributed by atoms with van der Waals surface area (Å²) in [7, 11) is 0. The van der Waals surface area contributed by atoms with Gasteiger partial charge in [0.15, 0.2) is 0 Å². The molecule has 0 radical (unpaired) electrons. The van der Waals surface area contributed by atoms with E-state index >= 15 is 0 Å². The third kappa shape index (κ3) is 11.6. The normalized spacial score (nSPS) is 19.8. The fourth-order valence-corrected chi connectivity index (χ4v) is 2.96. The number of unbranched alkanes of at least 4 members (excludes halogenated alkanes) is 7. The summed E-state index contributed by atoms with van der Waals surface area (Å²) in [5.41, 5.74) is 5.35. The number of amides is 1. The van der Waals surface area contributed by atoms with E-state index in [4.69, 9.17) is 10.5 Å². The fraction of sp³-hybridized carbons (Fsp3) is 0.850. The average Bonchev–Trinajstić information content (AvgIpc) is 3.33. The van der Waals surface area contributed by atoms with E-state index in [1.165, 1.54) is 51.4 Å². The number of hydrogen-bond acceptors (Lipinski definition) is 3. The molecular weight excluding hydrogens is 300 g/mol. The van der Waals surface area contributed by atoms with Crippen LogP contribution in [0.2, 0.25) is 0 Å². The quantitative estimate of drug-likeness (QED) is 0.253. The summed E-state index contributed by atoms with van der Waals surface area (Å²) >= 11 is 0. The van der Waals surface area contributed by atoms with Crippen molar-refractivity contribution < 1.29 is 9.53 Å². The molecule has 0 bridgehead atoms. The maximum Gasteiger partial charge on any atom is 0.220 e. The van der Waals surface area contributed by atoms with E-state index in [1.807, 2.05) is 0 Å². The molecule has 1 heterocycles. The van der Waals surface area contributed by atoms with Gasteiger partial charge in [0.2, 0.25) is 5.91 Å². The third-order valence-electron chi connectivity index (χ3n) is 4.56. The van der Waals surface area contributed by atoms with Crippen molar-refractivity contribution >= 4 is 5.91 Å². The van der Waals surface area contributed by atoms with Gasteiger partial charge in [0.05, 0.1) is 12.2 Å². The van der Waals surface area contributed by atoms with Crippen molar-refractivity contribution in [3.63, 3.8) is 0 Å². The number of carbonyl (C=O) groups excluding carboxylic acids is 1. The largest absolute Gasteiger partial charge is 0.369 e. The highest BCUT2D eigenvalue weighted by Gasteiger charge is 2.36. The summed E-state index contributed by atoms with van der Waals surface area (Å²) in [4.78, 5) is 11.4. The summed E-state index contributed by atoms with van der Waals surface area (Å²) in [5.74, 6) is 0.138. The van der Waals surface area contributed by atoms with E-state index in [-0.39, 0.29) is 5.91 Å². The molecule has 0 spiro atoms. The van der Waals surface area contributed by atoms with Crippen LogP contribution >= 0.6 is 0 Å². The Morgan fingerprint density at radius 2 is 1.83 bits per heavy atom.